The first-order valence-corrected chi connectivity index (χ1v) is 8.27. The van der Waals surface area contributed by atoms with Gasteiger partial charge in [-0.15, -0.1) is 0 Å². The minimum atomic E-state index is -4.32. The third kappa shape index (κ3) is 7.65. The predicted molar refractivity (Wildman–Crippen MR) is 95.6 cm³/mol. The van der Waals surface area contributed by atoms with E-state index in [9.17, 15) is 17.6 Å². The van der Waals surface area contributed by atoms with Gasteiger partial charge in [-0.3, -0.25) is 4.99 Å². The smallest absolute Gasteiger partial charge is 0.367 e. The second kappa shape index (κ2) is 9.91. The number of guanidine groups is 1. The Morgan fingerprint density at radius 1 is 0.963 bits per heavy atom. The van der Waals surface area contributed by atoms with Crippen LogP contribution in [0.3, 0.4) is 0 Å². The highest BCUT2D eigenvalue weighted by atomic mass is 19.4. The van der Waals surface area contributed by atoms with E-state index in [1.165, 1.54) is 6.07 Å². The van der Waals surface area contributed by atoms with Crippen LogP contribution in [0.25, 0.3) is 0 Å². The number of nitrogens with zero attached hydrogens (tertiary/aromatic N) is 1. The number of benzene rings is 2. The summed E-state index contributed by atoms with van der Waals surface area (Å²) in [6.07, 6.45) is -4.32. The van der Waals surface area contributed by atoms with E-state index < -0.39 is 12.8 Å². The summed E-state index contributed by atoms with van der Waals surface area (Å²) in [7, 11) is 1.61. The molecular weight excluding hydrogens is 362 g/mol. The van der Waals surface area contributed by atoms with Crippen LogP contribution in [0, 0.1) is 5.82 Å². The van der Waals surface area contributed by atoms with Crippen molar-refractivity contribution in [3.8, 4) is 0 Å². The van der Waals surface area contributed by atoms with Crippen LogP contribution in [0.15, 0.2) is 53.5 Å². The van der Waals surface area contributed by atoms with Crippen molar-refractivity contribution in [3.63, 3.8) is 0 Å². The van der Waals surface area contributed by atoms with Gasteiger partial charge in [-0.05, 0) is 17.2 Å². The first kappa shape index (κ1) is 20.7. The molecular formula is C19H21F4N3O. The molecule has 0 spiro atoms. The van der Waals surface area contributed by atoms with Gasteiger partial charge in [-0.1, -0.05) is 42.5 Å². The van der Waals surface area contributed by atoms with Crippen LogP contribution in [0.4, 0.5) is 17.6 Å². The van der Waals surface area contributed by atoms with Crippen LogP contribution >= 0.6 is 0 Å². The Kier molecular flexibility index (Phi) is 7.60. The standard InChI is InChI=1S/C19H21F4N3O/c1-24-18(26-11-16-4-2-3-5-17(16)20)25-10-14-6-8-15(9-7-14)12-27-13-19(21,22)23/h2-9H,10-13H2,1H3,(H2,24,25,26). The zero-order valence-electron chi connectivity index (χ0n) is 14.8. The van der Waals surface area contributed by atoms with Gasteiger partial charge in [-0.25, -0.2) is 4.39 Å². The van der Waals surface area contributed by atoms with E-state index in [0.29, 0.717) is 30.2 Å². The fraction of sp³-hybridized carbons (Fsp3) is 0.316. The average Bonchev–Trinajstić information content (AvgIpc) is 2.63. The summed E-state index contributed by atoms with van der Waals surface area (Å²) in [6.45, 7) is -0.609. The van der Waals surface area contributed by atoms with Crippen LogP contribution in [-0.2, 0) is 24.4 Å². The SMILES string of the molecule is CN=C(NCc1ccc(COCC(F)(F)F)cc1)NCc1ccccc1F. The third-order valence-corrected chi connectivity index (χ3v) is 3.65. The lowest BCUT2D eigenvalue weighted by molar-refractivity contribution is -0.176. The summed E-state index contributed by atoms with van der Waals surface area (Å²) in [4.78, 5) is 4.07. The van der Waals surface area contributed by atoms with E-state index in [0.717, 1.165) is 5.56 Å². The fourth-order valence-corrected chi connectivity index (χ4v) is 2.27. The summed E-state index contributed by atoms with van der Waals surface area (Å²) >= 11 is 0. The summed E-state index contributed by atoms with van der Waals surface area (Å²) in [5.41, 5.74) is 2.11. The fourth-order valence-electron chi connectivity index (χ4n) is 2.27. The first-order chi connectivity index (χ1) is 12.9. The van der Waals surface area contributed by atoms with Crippen molar-refractivity contribution in [2.24, 2.45) is 4.99 Å². The molecule has 0 fully saturated rings. The molecule has 4 nitrogen and oxygen atoms in total. The molecule has 8 heteroatoms. The van der Waals surface area contributed by atoms with Gasteiger partial charge in [0.1, 0.15) is 12.4 Å². The lowest BCUT2D eigenvalue weighted by Gasteiger charge is -2.13. The second-order valence-electron chi connectivity index (χ2n) is 5.80. The molecule has 0 aliphatic rings. The molecule has 0 aliphatic carbocycles. The van der Waals surface area contributed by atoms with Gasteiger partial charge < -0.3 is 15.4 Å². The van der Waals surface area contributed by atoms with Crippen molar-refractivity contribution >= 4 is 5.96 Å². The van der Waals surface area contributed by atoms with Gasteiger partial charge in [0, 0.05) is 25.7 Å². The lowest BCUT2D eigenvalue weighted by atomic mass is 10.1. The molecule has 0 atom stereocenters. The molecule has 27 heavy (non-hydrogen) atoms. The molecule has 2 aromatic carbocycles. The van der Waals surface area contributed by atoms with Crippen molar-refractivity contribution in [3.05, 3.63) is 71.0 Å². The van der Waals surface area contributed by atoms with Gasteiger partial charge in [0.25, 0.3) is 0 Å². The topological polar surface area (TPSA) is 45.7 Å². The average molecular weight is 383 g/mol. The Balaban J connectivity index is 1.78. The quantitative estimate of drug-likeness (QED) is 0.435. The highest BCUT2D eigenvalue weighted by Crippen LogP contribution is 2.15. The van der Waals surface area contributed by atoms with E-state index >= 15 is 0 Å². The molecule has 2 N–H and O–H groups in total. The lowest BCUT2D eigenvalue weighted by Crippen LogP contribution is -2.36. The largest absolute Gasteiger partial charge is 0.411 e. The number of hydrogen-bond acceptors (Lipinski definition) is 2. The van der Waals surface area contributed by atoms with Crippen molar-refractivity contribution in [1.29, 1.82) is 0 Å². The number of rotatable bonds is 7. The first-order valence-electron chi connectivity index (χ1n) is 8.27. The number of alkyl halides is 3. The number of aliphatic imine (C=N–C) groups is 1. The Morgan fingerprint density at radius 3 is 2.22 bits per heavy atom. The monoisotopic (exact) mass is 383 g/mol. The maximum atomic E-state index is 13.6. The minimum absolute atomic E-state index is 0.0981. The van der Waals surface area contributed by atoms with Crippen LogP contribution < -0.4 is 10.6 Å². The van der Waals surface area contributed by atoms with Gasteiger partial charge in [-0.2, -0.15) is 13.2 Å². The molecule has 0 unspecified atom stereocenters. The van der Waals surface area contributed by atoms with Crippen LogP contribution in [0.1, 0.15) is 16.7 Å². The molecule has 2 rings (SSSR count). The Bertz CT molecular complexity index is 745. The van der Waals surface area contributed by atoms with Crippen molar-refractivity contribution in [2.75, 3.05) is 13.7 Å². The van der Waals surface area contributed by atoms with E-state index in [-0.39, 0.29) is 12.4 Å². The molecule has 0 bridgehead atoms. The number of ether oxygens (including phenoxy) is 1. The van der Waals surface area contributed by atoms with E-state index in [4.69, 9.17) is 0 Å². The molecule has 0 saturated heterocycles. The van der Waals surface area contributed by atoms with E-state index in [2.05, 4.69) is 20.4 Å². The van der Waals surface area contributed by atoms with Crippen LogP contribution in [0.2, 0.25) is 0 Å². The number of nitrogens with one attached hydrogen (secondary N) is 2. The van der Waals surface area contributed by atoms with Gasteiger partial charge >= 0.3 is 6.18 Å². The highest BCUT2D eigenvalue weighted by molar-refractivity contribution is 5.79. The van der Waals surface area contributed by atoms with Crippen molar-refractivity contribution < 1.29 is 22.3 Å². The Labute approximate surface area is 155 Å². The summed E-state index contributed by atoms with van der Waals surface area (Å²) in [6, 6.07) is 13.5. The van der Waals surface area contributed by atoms with Crippen molar-refractivity contribution in [1.82, 2.24) is 10.6 Å². The maximum Gasteiger partial charge on any atom is 0.411 e. The second-order valence-corrected chi connectivity index (χ2v) is 5.80. The molecule has 0 amide bonds. The summed E-state index contributed by atoms with van der Waals surface area (Å²) in [5.74, 6) is 0.222. The van der Waals surface area contributed by atoms with Gasteiger partial charge in [0.15, 0.2) is 5.96 Å². The summed E-state index contributed by atoms with van der Waals surface area (Å²) in [5, 5.41) is 6.12. The maximum absolute atomic E-state index is 13.6. The van der Waals surface area contributed by atoms with E-state index in [1.807, 2.05) is 0 Å². The number of hydrogen-bond donors (Lipinski definition) is 2. The normalized spacial score (nSPS) is 12.1. The van der Waals surface area contributed by atoms with E-state index in [1.54, 1.807) is 49.5 Å². The van der Waals surface area contributed by atoms with Gasteiger partial charge in [0.05, 0.1) is 6.61 Å². The Hall–Kier alpha value is -2.61. The van der Waals surface area contributed by atoms with Crippen molar-refractivity contribution in [2.45, 2.75) is 25.9 Å². The Morgan fingerprint density at radius 2 is 1.59 bits per heavy atom. The molecule has 0 aromatic heterocycles. The number of halogens is 4. The molecule has 0 heterocycles. The zero-order chi connectivity index (χ0) is 19.7. The van der Waals surface area contributed by atoms with Crippen LogP contribution in [-0.4, -0.2) is 25.8 Å². The zero-order valence-corrected chi connectivity index (χ0v) is 14.8. The van der Waals surface area contributed by atoms with Gasteiger partial charge in [0.2, 0.25) is 0 Å². The van der Waals surface area contributed by atoms with Crippen LogP contribution in [0.5, 0.6) is 0 Å². The highest BCUT2D eigenvalue weighted by Gasteiger charge is 2.27. The molecule has 0 saturated carbocycles. The molecule has 0 radical (unpaired) electrons. The minimum Gasteiger partial charge on any atom is -0.367 e. The third-order valence-electron chi connectivity index (χ3n) is 3.65. The molecule has 2 aromatic rings. The summed E-state index contributed by atoms with van der Waals surface area (Å²) < 4.78 is 54.4. The predicted octanol–water partition coefficient (Wildman–Crippen LogP) is 3.77. The molecule has 0 aliphatic heterocycles. The molecule has 146 valence electrons.